The van der Waals surface area contributed by atoms with E-state index >= 15 is 0 Å². The number of carbonyl (C=O) groups excluding carboxylic acids is 1. The van der Waals surface area contributed by atoms with E-state index in [2.05, 4.69) is 5.32 Å². The third-order valence-electron chi connectivity index (χ3n) is 4.07. The smallest absolute Gasteiger partial charge is 0.225 e. The number of nitrogens with one attached hydrogen (secondary N) is 1. The van der Waals surface area contributed by atoms with Gasteiger partial charge in [-0.25, -0.2) is 8.42 Å². The van der Waals surface area contributed by atoms with Crippen LogP contribution in [0, 0.1) is 5.92 Å². The van der Waals surface area contributed by atoms with Crippen molar-refractivity contribution < 1.29 is 13.2 Å². The lowest BCUT2D eigenvalue weighted by molar-refractivity contribution is -0.126. The minimum absolute atomic E-state index is 0.000957. The van der Waals surface area contributed by atoms with E-state index in [1.54, 1.807) is 13.8 Å². The molecular weight excluding hydrogens is 288 g/mol. The van der Waals surface area contributed by atoms with Gasteiger partial charge < -0.3 is 11.1 Å². The van der Waals surface area contributed by atoms with Crippen LogP contribution in [0.2, 0.25) is 0 Å². The SMILES string of the molecule is CC(C(=O)NC1(C)CCS(=O)(=O)C1)C(N)c1ccccc1. The molecule has 0 aliphatic carbocycles. The molecule has 1 aliphatic heterocycles. The molecule has 3 N–H and O–H groups in total. The molecule has 1 amide bonds. The van der Waals surface area contributed by atoms with Gasteiger partial charge in [0.2, 0.25) is 5.91 Å². The van der Waals surface area contributed by atoms with Crippen molar-refractivity contribution in [2.24, 2.45) is 11.7 Å². The number of carbonyl (C=O) groups is 1. The normalized spacial score (nSPS) is 27.0. The number of hydrogen-bond donors (Lipinski definition) is 2. The zero-order chi connectivity index (χ0) is 15.7. The van der Waals surface area contributed by atoms with Crippen molar-refractivity contribution in [1.82, 2.24) is 5.32 Å². The van der Waals surface area contributed by atoms with Gasteiger partial charge in [0.1, 0.15) is 0 Å². The average Bonchev–Trinajstić information content (AvgIpc) is 2.71. The first-order valence-corrected chi connectivity index (χ1v) is 8.88. The summed E-state index contributed by atoms with van der Waals surface area (Å²) in [6.45, 7) is 3.54. The second kappa shape index (κ2) is 5.77. The van der Waals surface area contributed by atoms with Gasteiger partial charge in [-0.1, -0.05) is 37.3 Å². The molecular formula is C15H22N2O3S. The fourth-order valence-electron chi connectivity index (χ4n) is 2.65. The molecule has 1 aromatic rings. The van der Waals surface area contributed by atoms with Crippen LogP contribution in [0.4, 0.5) is 0 Å². The van der Waals surface area contributed by atoms with Crippen LogP contribution in [0.15, 0.2) is 30.3 Å². The zero-order valence-electron chi connectivity index (χ0n) is 12.4. The van der Waals surface area contributed by atoms with Crippen molar-refractivity contribution in [2.45, 2.75) is 31.8 Å². The van der Waals surface area contributed by atoms with Crippen molar-refractivity contribution in [3.63, 3.8) is 0 Å². The van der Waals surface area contributed by atoms with E-state index in [4.69, 9.17) is 5.73 Å². The third kappa shape index (κ3) is 3.83. The molecule has 116 valence electrons. The van der Waals surface area contributed by atoms with E-state index in [0.29, 0.717) is 6.42 Å². The standard InChI is InChI=1S/C15H22N2O3S/c1-11(13(16)12-6-4-3-5-7-12)14(18)17-15(2)8-9-21(19,20)10-15/h3-7,11,13H,8-10,16H2,1-2H3,(H,17,18). The lowest BCUT2D eigenvalue weighted by atomic mass is 9.93. The predicted octanol–water partition coefficient (Wildman–Crippen LogP) is 1.02. The van der Waals surface area contributed by atoms with E-state index in [1.165, 1.54) is 0 Å². The first-order valence-electron chi connectivity index (χ1n) is 7.05. The maximum atomic E-state index is 12.3. The predicted molar refractivity (Wildman–Crippen MR) is 82.4 cm³/mol. The molecule has 0 radical (unpaired) electrons. The average molecular weight is 310 g/mol. The summed E-state index contributed by atoms with van der Waals surface area (Å²) in [4.78, 5) is 12.3. The van der Waals surface area contributed by atoms with Crippen LogP contribution in [0.1, 0.15) is 31.9 Å². The Hall–Kier alpha value is -1.40. The summed E-state index contributed by atoms with van der Waals surface area (Å²) in [5, 5.41) is 2.86. The number of hydrogen-bond acceptors (Lipinski definition) is 4. The number of amides is 1. The number of rotatable bonds is 4. The van der Waals surface area contributed by atoms with Crippen LogP contribution < -0.4 is 11.1 Å². The van der Waals surface area contributed by atoms with Gasteiger partial charge in [-0.15, -0.1) is 0 Å². The van der Waals surface area contributed by atoms with Gasteiger partial charge in [-0.05, 0) is 18.9 Å². The lowest BCUT2D eigenvalue weighted by Gasteiger charge is -2.28. The fraction of sp³-hybridized carbons (Fsp3) is 0.533. The first kappa shape index (κ1) is 16.0. The van der Waals surface area contributed by atoms with Crippen LogP contribution >= 0.6 is 0 Å². The van der Waals surface area contributed by atoms with Crippen molar-refractivity contribution in [3.8, 4) is 0 Å². The summed E-state index contributed by atoms with van der Waals surface area (Å²) in [5.74, 6) is -0.499. The largest absolute Gasteiger partial charge is 0.350 e. The highest BCUT2D eigenvalue weighted by Crippen LogP contribution is 2.25. The van der Waals surface area contributed by atoms with E-state index in [1.807, 2.05) is 30.3 Å². The molecule has 1 fully saturated rings. The molecule has 1 heterocycles. The Balaban J connectivity index is 2.03. The third-order valence-corrected chi connectivity index (χ3v) is 5.97. The Kier molecular flexibility index (Phi) is 4.39. The summed E-state index contributed by atoms with van der Waals surface area (Å²) in [7, 11) is -3.04. The summed E-state index contributed by atoms with van der Waals surface area (Å²) in [6, 6.07) is 9.01. The van der Waals surface area contributed by atoms with Gasteiger partial charge in [0, 0.05) is 6.04 Å². The summed E-state index contributed by atoms with van der Waals surface area (Å²) in [5.41, 5.74) is 6.34. The van der Waals surface area contributed by atoms with Gasteiger partial charge in [-0.2, -0.15) is 0 Å². The van der Waals surface area contributed by atoms with Gasteiger partial charge in [-0.3, -0.25) is 4.79 Å². The van der Waals surface area contributed by atoms with Crippen LogP contribution in [0.5, 0.6) is 0 Å². The molecule has 2 rings (SSSR count). The Morgan fingerprint density at radius 2 is 1.95 bits per heavy atom. The lowest BCUT2D eigenvalue weighted by Crippen LogP contribution is -2.50. The molecule has 6 heteroatoms. The van der Waals surface area contributed by atoms with Crippen molar-refractivity contribution in [1.29, 1.82) is 0 Å². The van der Waals surface area contributed by atoms with Gasteiger partial charge in [0.15, 0.2) is 9.84 Å². The molecule has 21 heavy (non-hydrogen) atoms. The second-order valence-electron chi connectivity index (χ2n) is 6.12. The molecule has 0 bridgehead atoms. The molecule has 0 spiro atoms. The van der Waals surface area contributed by atoms with E-state index in [9.17, 15) is 13.2 Å². The molecule has 0 saturated carbocycles. The summed E-state index contributed by atoms with van der Waals surface area (Å²) >= 11 is 0. The molecule has 1 aromatic carbocycles. The topological polar surface area (TPSA) is 89.3 Å². The molecule has 3 atom stereocenters. The van der Waals surface area contributed by atoms with Crippen molar-refractivity contribution in [3.05, 3.63) is 35.9 Å². The molecule has 3 unspecified atom stereocenters. The zero-order valence-corrected chi connectivity index (χ0v) is 13.2. The molecule has 1 aliphatic rings. The molecule has 0 aromatic heterocycles. The van der Waals surface area contributed by atoms with E-state index in [0.717, 1.165) is 5.56 Å². The number of benzene rings is 1. The van der Waals surface area contributed by atoms with Crippen LogP contribution in [-0.4, -0.2) is 31.4 Å². The maximum Gasteiger partial charge on any atom is 0.225 e. The van der Waals surface area contributed by atoms with E-state index < -0.39 is 27.3 Å². The summed E-state index contributed by atoms with van der Waals surface area (Å²) in [6.07, 6.45) is 0.453. The fourth-order valence-corrected chi connectivity index (χ4v) is 4.74. The Morgan fingerprint density at radius 1 is 1.33 bits per heavy atom. The van der Waals surface area contributed by atoms with Crippen LogP contribution in [0.3, 0.4) is 0 Å². The van der Waals surface area contributed by atoms with Crippen molar-refractivity contribution in [2.75, 3.05) is 11.5 Å². The summed E-state index contributed by atoms with van der Waals surface area (Å²) < 4.78 is 23.2. The minimum atomic E-state index is -3.04. The Labute approximate surface area is 125 Å². The molecule has 5 nitrogen and oxygen atoms in total. The number of nitrogens with two attached hydrogens (primary N) is 1. The van der Waals surface area contributed by atoms with Gasteiger partial charge in [0.25, 0.3) is 0 Å². The highest BCUT2D eigenvalue weighted by molar-refractivity contribution is 7.91. The quantitative estimate of drug-likeness (QED) is 0.869. The monoisotopic (exact) mass is 310 g/mol. The number of sulfone groups is 1. The van der Waals surface area contributed by atoms with Crippen molar-refractivity contribution >= 4 is 15.7 Å². The maximum absolute atomic E-state index is 12.3. The minimum Gasteiger partial charge on any atom is -0.350 e. The van der Waals surface area contributed by atoms with Gasteiger partial charge >= 0.3 is 0 Å². The molecule has 1 saturated heterocycles. The van der Waals surface area contributed by atoms with Gasteiger partial charge in [0.05, 0.1) is 23.0 Å². The second-order valence-corrected chi connectivity index (χ2v) is 8.30. The Bertz CT molecular complexity index is 615. The first-order chi connectivity index (χ1) is 9.72. The Morgan fingerprint density at radius 3 is 2.48 bits per heavy atom. The van der Waals surface area contributed by atoms with E-state index in [-0.39, 0.29) is 17.4 Å². The highest BCUT2D eigenvalue weighted by Gasteiger charge is 2.40. The highest BCUT2D eigenvalue weighted by atomic mass is 32.2. The van der Waals surface area contributed by atoms with Crippen LogP contribution in [0.25, 0.3) is 0 Å². The van der Waals surface area contributed by atoms with Crippen LogP contribution in [-0.2, 0) is 14.6 Å².